The number of carboxylic acid groups (broad SMARTS) is 1. The minimum absolute atomic E-state index is 0.270. The molecule has 0 aromatic heterocycles. The summed E-state index contributed by atoms with van der Waals surface area (Å²) in [6, 6.07) is 12.5. The quantitative estimate of drug-likeness (QED) is 0.677. The molecule has 0 saturated carbocycles. The number of hydrogen-bond acceptors (Lipinski definition) is 4. The van der Waals surface area contributed by atoms with Gasteiger partial charge in [0.15, 0.2) is 0 Å². The van der Waals surface area contributed by atoms with Crippen molar-refractivity contribution in [2.75, 3.05) is 19.5 Å². The van der Waals surface area contributed by atoms with Crippen molar-refractivity contribution >= 4 is 33.5 Å². The summed E-state index contributed by atoms with van der Waals surface area (Å²) >= 11 is 3.36. The lowest BCUT2D eigenvalue weighted by Gasteiger charge is -2.17. The van der Waals surface area contributed by atoms with Crippen LogP contribution in [0.3, 0.4) is 0 Å². The van der Waals surface area contributed by atoms with Gasteiger partial charge in [-0.15, -0.1) is 0 Å². The van der Waals surface area contributed by atoms with Gasteiger partial charge in [0.25, 0.3) is 0 Å². The first-order valence-corrected chi connectivity index (χ1v) is 8.71. The molecule has 0 aliphatic carbocycles. The fourth-order valence-electron chi connectivity index (χ4n) is 2.52. The second-order valence-electron chi connectivity index (χ2n) is 5.68. The van der Waals surface area contributed by atoms with Gasteiger partial charge in [0.05, 0.1) is 32.2 Å². The fraction of sp³-hybridized carbons (Fsp3) is 0.263. The van der Waals surface area contributed by atoms with E-state index in [-0.39, 0.29) is 12.3 Å². The van der Waals surface area contributed by atoms with Crippen LogP contribution in [-0.4, -0.2) is 31.2 Å². The molecule has 0 heterocycles. The molecule has 2 aromatic carbocycles. The minimum atomic E-state index is -1.03. The number of anilines is 1. The number of ether oxygens (including phenoxy) is 2. The molecule has 1 atom stereocenters. The Labute approximate surface area is 160 Å². The molecule has 26 heavy (non-hydrogen) atoms. The van der Waals surface area contributed by atoms with Crippen LogP contribution in [0.25, 0.3) is 0 Å². The van der Waals surface area contributed by atoms with Crippen LogP contribution in [0.15, 0.2) is 46.9 Å². The van der Waals surface area contributed by atoms with Crippen molar-refractivity contribution in [3.05, 3.63) is 52.5 Å². The van der Waals surface area contributed by atoms with E-state index >= 15 is 0 Å². The average Bonchev–Trinajstić information content (AvgIpc) is 2.62. The van der Waals surface area contributed by atoms with Gasteiger partial charge in [-0.3, -0.25) is 9.59 Å². The van der Waals surface area contributed by atoms with Gasteiger partial charge in [-0.1, -0.05) is 28.1 Å². The zero-order chi connectivity index (χ0) is 19.1. The number of nitrogens with one attached hydrogen (secondary N) is 1. The molecule has 0 fully saturated rings. The van der Waals surface area contributed by atoms with Gasteiger partial charge >= 0.3 is 5.97 Å². The van der Waals surface area contributed by atoms with Gasteiger partial charge in [0, 0.05) is 10.5 Å². The summed E-state index contributed by atoms with van der Waals surface area (Å²) in [5, 5.41) is 11.9. The molecule has 2 rings (SSSR count). The number of amides is 1. The number of hydrogen-bond donors (Lipinski definition) is 2. The predicted octanol–water partition coefficient (Wildman–Crippen LogP) is 3.74. The van der Waals surface area contributed by atoms with Gasteiger partial charge in [-0.25, -0.2) is 0 Å². The molecule has 0 spiro atoms. The van der Waals surface area contributed by atoms with Crippen molar-refractivity contribution in [3.8, 4) is 11.5 Å². The van der Waals surface area contributed by atoms with E-state index in [0.29, 0.717) is 23.6 Å². The molecular weight excluding hydrogens is 402 g/mol. The molecule has 0 aliphatic rings. The third kappa shape index (κ3) is 5.49. The summed E-state index contributed by atoms with van der Waals surface area (Å²) in [5.41, 5.74) is 1.32. The second kappa shape index (κ2) is 9.24. The summed E-state index contributed by atoms with van der Waals surface area (Å²) in [7, 11) is 3.02. The smallest absolute Gasteiger partial charge is 0.304 e. The Bertz CT molecular complexity index is 776. The molecule has 0 unspecified atom stereocenters. The van der Waals surface area contributed by atoms with Crippen LogP contribution in [0.5, 0.6) is 11.5 Å². The molecule has 7 heteroatoms. The molecule has 0 aliphatic heterocycles. The van der Waals surface area contributed by atoms with E-state index in [2.05, 4.69) is 21.2 Å². The van der Waals surface area contributed by atoms with Crippen LogP contribution in [0.4, 0.5) is 5.69 Å². The number of carbonyl (C=O) groups is 2. The van der Waals surface area contributed by atoms with Crippen LogP contribution >= 0.6 is 15.9 Å². The van der Waals surface area contributed by atoms with E-state index in [9.17, 15) is 14.7 Å². The zero-order valence-electron chi connectivity index (χ0n) is 14.5. The van der Waals surface area contributed by atoms with Gasteiger partial charge < -0.3 is 19.9 Å². The lowest BCUT2D eigenvalue weighted by Crippen LogP contribution is -2.27. The highest BCUT2D eigenvalue weighted by atomic mass is 79.9. The van der Waals surface area contributed by atoms with Crippen LogP contribution in [0.1, 0.15) is 12.0 Å². The van der Waals surface area contributed by atoms with E-state index in [1.165, 1.54) is 14.2 Å². The highest BCUT2D eigenvalue weighted by molar-refractivity contribution is 9.10. The largest absolute Gasteiger partial charge is 0.497 e. The predicted molar refractivity (Wildman–Crippen MR) is 102 cm³/mol. The number of carbonyl (C=O) groups excluding carboxylic acids is 1. The average molecular weight is 422 g/mol. The molecular formula is C19H20BrNO5. The maximum absolute atomic E-state index is 12.7. The Balaban J connectivity index is 2.21. The molecule has 2 aromatic rings. The highest BCUT2D eigenvalue weighted by Crippen LogP contribution is 2.30. The molecule has 1 amide bonds. The first-order valence-electron chi connectivity index (χ1n) is 7.92. The minimum Gasteiger partial charge on any atom is -0.497 e. The van der Waals surface area contributed by atoms with Crippen molar-refractivity contribution in [3.63, 3.8) is 0 Å². The SMILES string of the molecule is COc1ccc(OC)c(NC(=O)[C@H](CC(=O)O)Cc2ccc(Br)cc2)c1. The van der Waals surface area contributed by atoms with Gasteiger partial charge in [-0.2, -0.15) is 0 Å². The third-order valence-electron chi connectivity index (χ3n) is 3.85. The Morgan fingerprint density at radius 3 is 2.38 bits per heavy atom. The molecule has 138 valence electrons. The van der Waals surface area contributed by atoms with Crippen molar-refractivity contribution in [1.82, 2.24) is 0 Å². The zero-order valence-corrected chi connectivity index (χ0v) is 16.1. The summed E-state index contributed by atoms with van der Waals surface area (Å²) < 4.78 is 11.3. The molecule has 0 bridgehead atoms. The fourth-order valence-corrected chi connectivity index (χ4v) is 2.78. The van der Waals surface area contributed by atoms with E-state index in [4.69, 9.17) is 9.47 Å². The second-order valence-corrected chi connectivity index (χ2v) is 6.60. The summed E-state index contributed by atoms with van der Waals surface area (Å²) in [6.07, 6.45) is 0.0475. The van der Waals surface area contributed by atoms with Crippen LogP contribution in [0, 0.1) is 5.92 Å². The number of aliphatic carboxylic acids is 1. The van der Waals surface area contributed by atoms with Crippen LogP contribution in [0.2, 0.25) is 0 Å². The molecule has 0 saturated heterocycles. The van der Waals surface area contributed by atoms with Gasteiger partial charge in [-0.05, 0) is 36.2 Å². The van der Waals surface area contributed by atoms with Crippen LogP contribution in [-0.2, 0) is 16.0 Å². The maximum Gasteiger partial charge on any atom is 0.304 e. The lowest BCUT2D eigenvalue weighted by molar-refractivity contribution is -0.140. The Morgan fingerprint density at radius 2 is 1.81 bits per heavy atom. The number of rotatable bonds is 8. The Morgan fingerprint density at radius 1 is 1.12 bits per heavy atom. The number of benzene rings is 2. The monoisotopic (exact) mass is 421 g/mol. The Hall–Kier alpha value is -2.54. The van der Waals surface area contributed by atoms with Crippen LogP contribution < -0.4 is 14.8 Å². The number of halogens is 1. The maximum atomic E-state index is 12.7. The number of carboxylic acids is 1. The number of methoxy groups -OCH3 is 2. The van der Waals surface area contributed by atoms with E-state index in [0.717, 1.165) is 10.0 Å². The van der Waals surface area contributed by atoms with Gasteiger partial charge in [0.2, 0.25) is 5.91 Å². The summed E-state index contributed by atoms with van der Waals surface area (Å²) in [4.78, 5) is 23.9. The van der Waals surface area contributed by atoms with Crippen molar-refractivity contribution in [1.29, 1.82) is 0 Å². The highest BCUT2D eigenvalue weighted by Gasteiger charge is 2.23. The third-order valence-corrected chi connectivity index (χ3v) is 4.38. The topological polar surface area (TPSA) is 84.9 Å². The Kier molecular flexibility index (Phi) is 7.03. The molecule has 6 nitrogen and oxygen atoms in total. The van der Waals surface area contributed by atoms with Crippen molar-refractivity contribution in [2.24, 2.45) is 5.92 Å². The van der Waals surface area contributed by atoms with E-state index in [1.54, 1.807) is 18.2 Å². The van der Waals surface area contributed by atoms with Crippen molar-refractivity contribution in [2.45, 2.75) is 12.8 Å². The van der Waals surface area contributed by atoms with E-state index in [1.807, 2.05) is 24.3 Å². The van der Waals surface area contributed by atoms with Gasteiger partial charge in [0.1, 0.15) is 11.5 Å². The van der Waals surface area contributed by atoms with E-state index < -0.39 is 11.9 Å². The molecule has 0 radical (unpaired) electrons. The summed E-state index contributed by atoms with van der Waals surface area (Å²) in [6.45, 7) is 0. The summed E-state index contributed by atoms with van der Waals surface area (Å²) in [5.74, 6) is -1.10. The standard InChI is InChI=1S/C19H20BrNO5/c1-25-15-7-8-17(26-2)16(11-15)21-19(24)13(10-18(22)23)9-12-3-5-14(20)6-4-12/h3-8,11,13H,9-10H2,1-2H3,(H,21,24)(H,22,23)/t13-/m0/s1. The first kappa shape index (κ1) is 19.8. The molecule has 2 N–H and O–H groups in total. The first-order chi connectivity index (χ1) is 12.4. The van der Waals surface area contributed by atoms with Crippen molar-refractivity contribution < 1.29 is 24.2 Å². The normalized spacial score (nSPS) is 11.5. The lowest BCUT2D eigenvalue weighted by atomic mass is 9.95.